The summed E-state index contributed by atoms with van der Waals surface area (Å²) < 4.78 is 25.5. The van der Waals surface area contributed by atoms with Crippen LogP contribution in [0.15, 0.2) is 24.3 Å². The Balaban J connectivity index is 1.74. The summed E-state index contributed by atoms with van der Waals surface area (Å²) in [6.07, 6.45) is 3.33. The molecule has 2 rings (SSSR count). The Hall–Kier alpha value is -1.40. The summed E-state index contributed by atoms with van der Waals surface area (Å²) in [5.41, 5.74) is 2.62. The van der Waals surface area contributed by atoms with Crippen LogP contribution in [0.5, 0.6) is 0 Å². The number of hydrogen-bond acceptors (Lipinski definition) is 3. The lowest BCUT2D eigenvalue weighted by atomic mass is 9.98. The zero-order chi connectivity index (χ0) is 19.2. The molecule has 1 unspecified atom stereocenters. The van der Waals surface area contributed by atoms with E-state index >= 15 is 0 Å². The Morgan fingerprint density at radius 2 is 1.96 bits per heavy atom. The number of piperidine rings is 1. The molecule has 1 aliphatic rings. The predicted octanol–water partition coefficient (Wildman–Crippen LogP) is 2.92. The maximum atomic E-state index is 12.4. The van der Waals surface area contributed by atoms with Gasteiger partial charge in [0, 0.05) is 19.6 Å². The van der Waals surface area contributed by atoms with Crippen LogP contribution in [0.1, 0.15) is 57.1 Å². The molecule has 1 fully saturated rings. The summed E-state index contributed by atoms with van der Waals surface area (Å²) in [6, 6.07) is 8.66. The van der Waals surface area contributed by atoms with E-state index in [0.29, 0.717) is 25.6 Å². The molecule has 6 heteroatoms. The molecule has 0 radical (unpaired) electrons. The van der Waals surface area contributed by atoms with Gasteiger partial charge in [-0.1, -0.05) is 38.1 Å². The van der Waals surface area contributed by atoms with Gasteiger partial charge in [0.1, 0.15) is 0 Å². The second-order valence-corrected chi connectivity index (χ2v) is 9.65. The zero-order valence-corrected chi connectivity index (χ0v) is 17.0. The summed E-state index contributed by atoms with van der Waals surface area (Å²) in [6.45, 7) is 7.49. The quantitative estimate of drug-likeness (QED) is 0.705. The number of sulfonamides is 1. The smallest absolute Gasteiger partial charge is 0.224 e. The predicted molar refractivity (Wildman–Crippen MR) is 106 cm³/mol. The van der Waals surface area contributed by atoms with Crippen molar-refractivity contribution < 1.29 is 13.2 Å². The molecule has 0 aromatic heterocycles. The number of rotatable bonds is 8. The number of hydrogen-bond donors (Lipinski definition) is 1. The third kappa shape index (κ3) is 5.81. The summed E-state index contributed by atoms with van der Waals surface area (Å²) in [5.74, 6) is 0.387. The van der Waals surface area contributed by atoms with Gasteiger partial charge in [0.15, 0.2) is 0 Å². The van der Waals surface area contributed by atoms with Crippen molar-refractivity contribution in [1.29, 1.82) is 0 Å². The van der Waals surface area contributed by atoms with Crippen molar-refractivity contribution in [3.05, 3.63) is 35.4 Å². The molecule has 1 aromatic rings. The SMILES string of the molecule is CCS(=O)(=O)N1CCCC(C(=O)NCCCc2ccc(C(C)C)cc2)C1. The maximum absolute atomic E-state index is 12.4. The van der Waals surface area contributed by atoms with Crippen molar-refractivity contribution in [2.24, 2.45) is 5.92 Å². The minimum absolute atomic E-state index is 0.0174. The van der Waals surface area contributed by atoms with E-state index in [2.05, 4.69) is 43.4 Å². The van der Waals surface area contributed by atoms with Crippen molar-refractivity contribution in [1.82, 2.24) is 9.62 Å². The van der Waals surface area contributed by atoms with Gasteiger partial charge in [0.25, 0.3) is 0 Å². The Morgan fingerprint density at radius 1 is 1.27 bits per heavy atom. The van der Waals surface area contributed by atoms with Crippen LogP contribution in [0.3, 0.4) is 0 Å². The molecule has 0 saturated carbocycles. The Kier molecular flexibility index (Phi) is 7.65. The molecule has 1 N–H and O–H groups in total. The number of nitrogens with one attached hydrogen (secondary N) is 1. The normalized spacial score (nSPS) is 18.8. The minimum atomic E-state index is -3.21. The largest absolute Gasteiger partial charge is 0.356 e. The molecular weight excluding hydrogens is 348 g/mol. The summed E-state index contributed by atoms with van der Waals surface area (Å²) in [5, 5.41) is 2.98. The molecule has 0 bridgehead atoms. The molecule has 1 aromatic carbocycles. The lowest BCUT2D eigenvalue weighted by Crippen LogP contribution is -2.46. The van der Waals surface area contributed by atoms with Gasteiger partial charge in [0.2, 0.25) is 15.9 Å². The van der Waals surface area contributed by atoms with Gasteiger partial charge in [-0.05, 0) is 49.7 Å². The molecule has 26 heavy (non-hydrogen) atoms. The second kappa shape index (κ2) is 9.51. The van der Waals surface area contributed by atoms with Crippen LogP contribution in [-0.2, 0) is 21.2 Å². The highest BCUT2D eigenvalue weighted by Crippen LogP contribution is 2.20. The Morgan fingerprint density at radius 3 is 2.58 bits per heavy atom. The van der Waals surface area contributed by atoms with Crippen LogP contribution in [0, 0.1) is 5.92 Å². The molecule has 1 heterocycles. The molecular formula is C20H32N2O3S. The highest BCUT2D eigenvalue weighted by molar-refractivity contribution is 7.89. The number of carbonyl (C=O) groups excluding carboxylic acids is 1. The average molecular weight is 381 g/mol. The first kappa shape index (κ1) is 20.9. The fraction of sp³-hybridized carbons (Fsp3) is 0.650. The standard InChI is InChI=1S/C20H32N2O3S/c1-4-26(24,25)22-14-6-8-19(15-22)20(23)21-13-5-7-17-9-11-18(12-10-17)16(2)3/h9-12,16,19H,4-8,13-15H2,1-3H3,(H,21,23). The van der Waals surface area contributed by atoms with Crippen molar-refractivity contribution in [3.8, 4) is 0 Å². The highest BCUT2D eigenvalue weighted by Gasteiger charge is 2.31. The van der Waals surface area contributed by atoms with E-state index in [0.717, 1.165) is 25.7 Å². The second-order valence-electron chi connectivity index (χ2n) is 7.39. The first-order chi connectivity index (χ1) is 12.3. The third-order valence-corrected chi connectivity index (χ3v) is 6.95. The van der Waals surface area contributed by atoms with Crippen LogP contribution in [0.4, 0.5) is 0 Å². The monoisotopic (exact) mass is 380 g/mol. The molecule has 5 nitrogen and oxygen atoms in total. The van der Waals surface area contributed by atoms with Crippen molar-refractivity contribution in [2.75, 3.05) is 25.4 Å². The molecule has 1 saturated heterocycles. The van der Waals surface area contributed by atoms with Crippen LogP contribution < -0.4 is 5.32 Å². The van der Waals surface area contributed by atoms with Crippen molar-refractivity contribution in [3.63, 3.8) is 0 Å². The van der Waals surface area contributed by atoms with Gasteiger partial charge in [-0.15, -0.1) is 0 Å². The first-order valence-corrected chi connectivity index (χ1v) is 11.3. The van der Waals surface area contributed by atoms with Crippen LogP contribution in [0.2, 0.25) is 0 Å². The average Bonchev–Trinajstić information content (AvgIpc) is 2.65. The topological polar surface area (TPSA) is 66.5 Å². The van der Waals surface area contributed by atoms with E-state index in [-0.39, 0.29) is 17.6 Å². The Bertz CT molecular complexity index is 684. The van der Waals surface area contributed by atoms with E-state index < -0.39 is 10.0 Å². The van der Waals surface area contributed by atoms with Crippen LogP contribution >= 0.6 is 0 Å². The van der Waals surface area contributed by atoms with Gasteiger partial charge in [-0.2, -0.15) is 0 Å². The van der Waals surface area contributed by atoms with E-state index in [9.17, 15) is 13.2 Å². The van der Waals surface area contributed by atoms with Gasteiger partial charge in [0.05, 0.1) is 11.7 Å². The molecule has 1 atom stereocenters. The molecule has 1 amide bonds. The van der Waals surface area contributed by atoms with E-state index in [4.69, 9.17) is 0 Å². The lowest BCUT2D eigenvalue weighted by molar-refractivity contribution is -0.126. The van der Waals surface area contributed by atoms with E-state index in [1.54, 1.807) is 6.92 Å². The van der Waals surface area contributed by atoms with E-state index in [1.807, 2.05) is 0 Å². The number of amides is 1. The van der Waals surface area contributed by atoms with Crippen molar-refractivity contribution in [2.45, 2.75) is 52.4 Å². The number of aryl methyl sites for hydroxylation is 1. The third-order valence-electron chi connectivity index (χ3n) is 5.10. The minimum Gasteiger partial charge on any atom is -0.356 e. The summed E-state index contributed by atoms with van der Waals surface area (Å²) >= 11 is 0. The van der Waals surface area contributed by atoms with Crippen molar-refractivity contribution >= 4 is 15.9 Å². The fourth-order valence-electron chi connectivity index (χ4n) is 3.31. The maximum Gasteiger partial charge on any atom is 0.224 e. The lowest BCUT2D eigenvalue weighted by Gasteiger charge is -2.30. The summed E-state index contributed by atoms with van der Waals surface area (Å²) in [7, 11) is -3.21. The summed E-state index contributed by atoms with van der Waals surface area (Å²) in [4.78, 5) is 12.4. The van der Waals surface area contributed by atoms with Gasteiger partial charge in [-0.25, -0.2) is 12.7 Å². The number of benzene rings is 1. The molecule has 146 valence electrons. The first-order valence-electron chi connectivity index (χ1n) is 9.68. The highest BCUT2D eigenvalue weighted by atomic mass is 32.2. The molecule has 0 spiro atoms. The fourth-order valence-corrected chi connectivity index (χ4v) is 4.49. The zero-order valence-electron chi connectivity index (χ0n) is 16.2. The number of carbonyl (C=O) groups is 1. The van der Waals surface area contributed by atoms with Gasteiger partial charge < -0.3 is 5.32 Å². The number of nitrogens with zero attached hydrogens (tertiary/aromatic N) is 1. The van der Waals surface area contributed by atoms with Crippen LogP contribution in [-0.4, -0.2) is 44.0 Å². The van der Waals surface area contributed by atoms with Gasteiger partial charge >= 0.3 is 0 Å². The van der Waals surface area contributed by atoms with E-state index in [1.165, 1.54) is 15.4 Å². The Labute approximate surface area is 158 Å². The van der Waals surface area contributed by atoms with Gasteiger partial charge in [-0.3, -0.25) is 4.79 Å². The van der Waals surface area contributed by atoms with Crippen LogP contribution in [0.25, 0.3) is 0 Å². The molecule has 0 aliphatic carbocycles. The molecule has 1 aliphatic heterocycles.